The van der Waals surface area contributed by atoms with Gasteiger partial charge < -0.3 is 5.11 Å². The van der Waals surface area contributed by atoms with E-state index in [1.807, 2.05) is 0 Å². The van der Waals surface area contributed by atoms with Gasteiger partial charge in [0.1, 0.15) is 0 Å². The molecule has 2 rings (SSSR count). The SMILES string of the molecule is C=CCCC1(O)CC2CCC(C1)S2(=O)=O. The lowest BCUT2D eigenvalue weighted by Crippen LogP contribution is -2.44. The van der Waals surface area contributed by atoms with E-state index in [4.69, 9.17) is 0 Å². The van der Waals surface area contributed by atoms with Crippen molar-refractivity contribution in [1.82, 2.24) is 0 Å². The first kappa shape index (κ1) is 11.1. The maximum absolute atomic E-state index is 11.8. The highest BCUT2D eigenvalue weighted by Gasteiger charge is 2.51. The van der Waals surface area contributed by atoms with Gasteiger partial charge in [-0.15, -0.1) is 6.58 Å². The fourth-order valence-electron chi connectivity index (χ4n) is 2.91. The van der Waals surface area contributed by atoms with E-state index in [1.54, 1.807) is 6.08 Å². The molecule has 2 atom stereocenters. The zero-order chi connectivity index (χ0) is 11.1. The average Bonchev–Trinajstić information content (AvgIpc) is 2.40. The van der Waals surface area contributed by atoms with Crippen LogP contribution < -0.4 is 0 Å². The first-order valence-corrected chi connectivity index (χ1v) is 7.15. The van der Waals surface area contributed by atoms with Gasteiger partial charge in [0.25, 0.3) is 0 Å². The minimum Gasteiger partial charge on any atom is -0.390 e. The van der Waals surface area contributed by atoms with E-state index >= 15 is 0 Å². The lowest BCUT2D eigenvalue weighted by atomic mass is 9.89. The van der Waals surface area contributed by atoms with E-state index in [0.717, 1.165) is 19.3 Å². The van der Waals surface area contributed by atoms with Crippen LogP contribution in [0.3, 0.4) is 0 Å². The van der Waals surface area contributed by atoms with Crippen LogP contribution in [-0.2, 0) is 9.84 Å². The molecular formula is C11H18O3S. The summed E-state index contributed by atoms with van der Waals surface area (Å²) in [5, 5.41) is 9.73. The summed E-state index contributed by atoms with van der Waals surface area (Å²) in [5.41, 5.74) is -0.759. The Morgan fingerprint density at radius 1 is 1.33 bits per heavy atom. The Bertz CT molecular complexity index is 338. The molecule has 2 fully saturated rings. The van der Waals surface area contributed by atoms with Gasteiger partial charge in [-0.1, -0.05) is 6.08 Å². The van der Waals surface area contributed by atoms with Crippen molar-refractivity contribution in [3.05, 3.63) is 12.7 Å². The maximum atomic E-state index is 11.8. The van der Waals surface area contributed by atoms with E-state index in [0.29, 0.717) is 19.3 Å². The van der Waals surface area contributed by atoms with Crippen molar-refractivity contribution in [3.8, 4) is 0 Å². The molecule has 2 heterocycles. The molecule has 2 unspecified atom stereocenters. The minimum absolute atomic E-state index is 0.286. The van der Waals surface area contributed by atoms with Crippen LogP contribution in [0.2, 0.25) is 0 Å². The Morgan fingerprint density at radius 2 is 1.87 bits per heavy atom. The molecule has 0 amide bonds. The van der Waals surface area contributed by atoms with Crippen LogP contribution >= 0.6 is 0 Å². The van der Waals surface area contributed by atoms with E-state index in [9.17, 15) is 13.5 Å². The van der Waals surface area contributed by atoms with E-state index in [2.05, 4.69) is 6.58 Å². The van der Waals surface area contributed by atoms with E-state index in [-0.39, 0.29) is 10.5 Å². The third-order valence-corrected chi connectivity index (χ3v) is 6.43. The quantitative estimate of drug-likeness (QED) is 0.746. The summed E-state index contributed by atoms with van der Waals surface area (Å²) >= 11 is 0. The average molecular weight is 230 g/mol. The summed E-state index contributed by atoms with van der Waals surface area (Å²) in [6.07, 6.45) is 5.53. The van der Waals surface area contributed by atoms with Crippen molar-refractivity contribution in [2.24, 2.45) is 0 Å². The van der Waals surface area contributed by atoms with Crippen LogP contribution in [0.4, 0.5) is 0 Å². The Hall–Kier alpha value is -0.350. The fourth-order valence-corrected chi connectivity index (χ4v) is 5.47. The summed E-state index contributed by atoms with van der Waals surface area (Å²) in [6, 6.07) is 0. The Kier molecular flexibility index (Phi) is 2.67. The molecule has 2 aliphatic heterocycles. The number of hydrogen-bond acceptors (Lipinski definition) is 3. The molecular weight excluding hydrogens is 212 g/mol. The van der Waals surface area contributed by atoms with Crippen LogP contribution in [0, 0.1) is 0 Å². The van der Waals surface area contributed by atoms with Crippen LogP contribution in [0.15, 0.2) is 12.7 Å². The summed E-state index contributed by atoms with van der Waals surface area (Å²) < 4.78 is 23.6. The largest absolute Gasteiger partial charge is 0.390 e. The molecule has 86 valence electrons. The third-order valence-electron chi connectivity index (χ3n) is 3.77. The fraction of sp³-hybridized carbons (Fsp3) is 0.818. The van der Waals surface area contributed by atoms with Crippen LogP contribution in [0.1, 0.15) is 38.5 Å². The molecule has 1 N–H and O–H groups in total. The van der Waals surface area contributed by atoms with Gasteiger partial charge in [0.2, 0.25) is 0 Å². The lowest BCUT2D eigenvalue weighted by Gasteiger charge is -2.36. The Balaban J connectivity index is 2.14. The normalized spacial score (nSPS) is 42.7. The van der Waals surface area contributed by atoms with Crippen LogP contribution in [-0.4, -0.2) is 29.6 Å². The highest BCUT2D eigenvalue weighted by atomic mass is 32.2. The van der Waals surface area contributed by atoms with Gasteiger partial charge in [-0.25, -0.2) is 8.42 Å². The smallest absolute Gasteiger partial charge is 0.156 e. The van der Waals surface area contributed by atoms with Gasteiger partial charge in [-0.05, 0) is 38.5 Å². The second-order valence-corrected chi connectivity index (χ2v) is 7.38. The summed E-state index contributed by atoms with van der Waals surface area (Å²) in [6.45, 7) is 3.63. The predicted octanol–water partition coefficient (Wildman–Crippen LogP) is 1.42. The Labute approximate surface area is 91.1 Å². The van der Waals surface area contributed by atoms with E-state index < -0.39 is 15.4 Å². The molecule has 4 heteroatoms. The van der Waals surface area contributed by atoms with Crippen molar-refractivity contribution in [2.75, 3.05) is 0 Å². The zero-order valence-corrected chi connectivity index (χ0v) is 9.67. The van der Waals surface area contributed by atoms with Crippen molar-refractivity contribution in [2.45, 2.75) is 54.6 Å². The molecule has 2 bridgehead atoms. The van der Waals surface area contributed by atoms with Gasteiger partial charge in [0, 0.05) is 0 Å². The number of allylic oxidation sites excluding steroid dienone is 1. The highest BCUT2D eigenvalue weighted by molar-refractivity contribution is 7.93. The first-order chi connectivity index (χ1) is 6.98. The number of aliphatic hydroxyl groups is 1. The summed E-state index contributed by atoms with van der Waals surface area (Å²) in [4.78, 5) is 0. The zero-order valence-electron chi connectivity index (χ0n) is 8.85. The second kappa shape index (κ2) is 3.59. The summed E-state index contributed by atoms with van der Waals surface area (Å²) in [5.74, 6) is 0. The topological polar surface area (TPSA) is 54.4 Å². The standard InChI is InChI=1S/C11H18O3S/c1-2-3-6-11(12)7-9-4-5-10(8-11)15(9,13)14/h2,9-10,12H,1,3-8H2. The molecule has 0 saturated carbocycles. The molecule has 0 aromatic carbocycles. The number of hydrogen-bond donors (Lipinski definition) is 1. The molecule has 0 radical (unpaired) electrons. The van der Waals surface area contributed by atoms with Gasteiger partial charge in [-0.3, -0.25) is 0 Å². The monoisotopic (exact) mass is 230 g/mol. The van der Waals surface area contributed by atoms with Gasteiger partial charge >= 0.3 is 0 Å². The molecule has 0 aliphatic carbocycles. The molecule has 0 aromatic heterocycles. The van der Waals surface area contributed by atoms with E-state index in [1.165, 1.54) is 0 Å². The second-order valence-electron chi connectivity index (χ2n) is 4.87. The van der Waals surface area contributed by atoms with Crippen molar-refractivity contribution in [1.29, 1.82) is 0 Å². The lowest BCUT2D eigenvalue weighted by molar-refractivity contribution is 0.0142. The Morgan fingerprint density at radius 3 is 2.33 bits per heavy atom. The molecule has 2 aliphatic rings. The third kappa shape index (κ3) is 1.85. The van der Waals surface area contributed by atoms with Gasteiger partial charge in [0.05, 0.1) is 16.1 Å². The van der Waals surface area contributed by atoms with Crippen LogP contribution in [0.5, 0.6) is 0 Å². The van der Waals surface area contributed by atoms with Crippen molar-refractivity contribution < 1.29 is 13.5 Å². The number of rotatable bonds is 3. The first-order valence-electron chi connectivity index (χ1n) is 5.54. The number of sulfone groups is 1. The van der Waals surface area contributed by atoms with Crippen molar-refractivity contribution >= 4 is 9.84 Å². The maximum Gasteiger partial charge on any atom is 0.156 e. The molecule has 15 heavy (non-hydrogen) atoms. The predicted molar refractivity (Wildman–Crippen MR) is 59.3 cm³/mol. The molecule has 2 saturated heterocycles. The number of fused-ring (bicyclic) bond motifs is 2. The molecule has 3 nitrogen and oxygen atoms in total. The van der Waals surface area contributed by atoms with Gasteiger partial charge in [-0.2, -0.15) is 0 Å². The summed E-state index contributed by atoms with van der Waals surface area (Å²) in [7, 11) is -2.91. The minimum atomic E-state index is -2.91. The highest BCUT2D eigenvalue weighted by Crippen LogP contribution is 2.44. The van der Waals surface area contributed by atoms with Crippen LogP contribution in [0.25, 0.3) is 0 Å². The molecule has 0 spiro atoms. The van der Waals surface area contributed by atoms with Gasteiger partial charge in [0.15, 0.2) is 9.84 Å². The molecule has 0 aromatic rings. The van der Waals surface area contributed by atoms with Crippen molar-refractivity contribution in [3.63, 3.8) is 0 Å².